The van der Waals surface area contributed by atoms with Crippen LogP contribution in [0.5, 0.6) is 0 Å². The minimum Gasteiger partial charge on any atom is -0.444 e. The molecule has 2 N–H and O–H groups in total. The van der Waals surface area contributed by atoms with Crippen LogP contribution < -0.4 is 5.32 Å². The summed E-state index contributed by atoms with van der Waals surface area (Å²) in [6.45, 7) is 8.98. The average molecular weight is 420 g/mol. The molecule has 4 aromatic rings. The molecular weight excluding hydrogens is 394 g/mol. The molecule has 0 unspecified atom stereocenters. The summed E-state index contributed by atoms with van der Waals surface area (Å²) in [6.07, 6.45) is 0. The van der Waals surface area contributed by atoms with Gasteiger partial charge < -0.3 is 14.7 Å². The highest BCUT2D eigenvalue weighted by atomic mass is 32.2. The number of aryl methyl sites for hydroxylation is 1. The molecule has 0 spiro atoms. The van der Waals surface area contributed by atoms with Gasteiger partial charge >= 0.3 is 0 Å². The molecule has 30 heavy (non-hydrogen) atoms. The van der Waals surface area contributed by atoms with E-state index < -0.39 is 0 Å². The molecule has 0 aliphatic rings. The Labute approximate surface area is 180 Å². The lowest BCUT2D eigenvalue weighted by atomic mass is 9.87. The van der Waals surface area contributed by atoms with Gasteiger partial charge in [-0.05, 0) is 53.8 Å². The molecule has 0 atom stereocenters. The monoisotopic (exact) mass is 419 g/mol. The first kappa shape index (κ1) is 20.3. The van der Waals surface area contributed by atoms with Gasteiger partial charge in [-0.25, -0.2) is 4.98 Å². The number of H-pyrrole nitrogens is 1. The molecule has 1 amide bonds. The SMILES string of the molecule is Cc1ccc(C(C)(C)C)cc1Sc1ccc(C(=O)NCc2nc3ccccc3[nH]2)o1. The number of carbonyl (C=O) groups excluding carboxylic acids is 1. The first-order valence-corrected chi connectivity index (χ1v) is 10.7. The Bertz CT molecular complexity index is 1170. The number of hydrogen-bond acceptors (Lipinski definition) is 4. The van der Waals surface area contributed by atoms with E-state index in [9.17, 15) is 4.79 Å². The summed E-state index contributed by atoms with van der Waals surface area (Å²) < 4.78 is 5.80. The van der Waals surface area contributed by atoms with Crippen LogP contribution in [0.15, 0.2) is 69.0 Å². The molecule has 2 aromatic carbocycles. The van der Waals surface area contributed by atoms with E-state index >= 15 is 0 Å². The van der Waals surface area contributed by atoms with Gasteiger partial charge in [-0.3, -0.25) is 4.79 Å². The summed E-state index contributed by atoms with van der Waals surface area (Å²) in [6, 6.07) is 17.8. The highest BCUT2D eigenvalue weighted by molar-refractivity contribution is 7.99. The predicted molar refractivity (Wildman–Crippen MR) is 120 cm³/mol. The van der Waals surface area contributed by atoms with Crippen LogP contribution >= 0.6 is 11.8 Å². The quantitative estimate of drug-likeness (QED) is 0.426. The van der Waals surface area contributed by atoms with Crippen LogP contribution in [0.25, 0.3) is 11.0 Å². The number of fused-ring (bicyclic) bond motifs is 1. The summed E-state index contributed by atoms with van der Waals surface area (Å²) >= 11 is 1.53. The van der Waals surface area contributed by atoms with Crippen molar-refractivity contribution in [2.75, 3.05) is 0 Å². The lowest BCUT2D eigenvalue weighted by Gasteiger charge is -2.20. The van der Waals surface area contributed by atoms with E-state index in [1.54, 1.807) is 6.07 Å². The Morgan fingerprint density at radius 2 is 1.93 bits per heavy atom. The summed E-state index contributed by atoms with van der Waals surface area (Å²) in [5, 5.41) is 3.55. The van der Waals surface area contributed by atoms with Crippen LogP contribution in [0.4, 0.5) is 0 Å². The molecule has 2 aromatic heterocycles. The summed E-state index contributed by atoms with van der Waals surface area (Å²) in [5.74, 6) is 0.737. The molecule has 4 rings (SSSR count). The first-order valence-electron chi connectivity index (χ1n) is 9.90. The maximum Gasteiger partial charge on any atom is 0.287 e. The fraction of sp³-hybridized carbons (Fsp3) is 0.250. The van der Waals surface area contributed by atoms with Crippen LogP contribution in [-0.2, 0) is 12.0 Å². The Kier molecular flexibility index (Phi) is 5.43. The van der Waals surface area contributed by atoms with Crippen molar-refractivity contribution >= 4 is 28.7 Å². The smallest absolute Gasteiger partial charge is 0.287 e. The van der Waals surface area contributed by atoms with Crippen molar-refractivity contribution in [2.24, 2.45) is 0 Å². The van der Waals surface area contributed by atoms with E-state index in [0.29, 0.717) is 23.2 Å². The maximum absolute atomic E-state index is 12.5. The summed E-state index contributed by atoms with van der Waals surface area (Å²) in [5.41, 5.74) is 4.36. The molecule has 0 bridgehead atoms. The number of hydrogen-bond donors (Lipinski definition) is 2. The largest absolute Gasteiger partial charge is 0.444 e. The molecular formula is C24H25N3O2S. The molecule has 0 aliphatic heterocycles. The zero-order chi connectivity index (χ0) is 21.3. The fourth-order valence-electron chi connectivity index (χ4n) is 3.12. The topological polar surface area (TPSA) is 70.9 Å². The van der Waals surface area contributed by atoms with Gasteiger partial charge in [-0.2, -0.15) is 0 Å². The minimum atomic E-state index is -0.262. The van der Waals surface area contributed by atoms with Crippen molar-refractivity contribution in [2.45, 2.75) is 49.6 Å². The van der Waals surface area contributed by atoms with E-state index in [1.807, 2.05) is 30.3 Å². The van der Waals surface area contributed by atoms with E-state index in [4.69, 9.17) is 4.42 Å². The average Bonchev–Trinajstić information content (AvgIpc) is 3.33. The van der Waals surface area contributed by atoms with Gasteiger partial charge in [0.15, 0.2) is 10.9 Å². The number of rotatable bonds is 5. The van der Waals surface area contributed by atoms with Crippen LogP contribution in [0.2, 0.25) is 0 Å². The number of benzene rings is 2. The molecule has 0 radical (unpaired) electrons. The molecule has 0 aliphatic carbocycles. The van der Waals surface area contributed by atoms with Crippen LogP contribution in [-0.4, -0.2) is 15.9 Å². The first-order chi connectivity index (χ1) is 14.3. The van der Waals surface area contributed by atoms with Gasteiger partial charge in [0.25, 0.3) is 5.91 Å². The third-order valence-electron chi connectivity index (χ3n) is 4.92. The third-order valence-corrected chi connectivity index (χ3v) is 6.01. The van der Waals surface area contributed by atoms with Gasteiger partial charge in [0.2, 0.25) is 0 Å². The number of amides is 1. The number of para-hydroxylation sites is 2. The molecule has 0 saturated carbocycles. The third kappa shape index (κ3) is 4.44. The van der Waals surface area contributed by atoms with Crippen LogP contribution in [0.3, 0.4) is 0 Å². The highest BCUT2D eigenvalue weighted by Gasteiger charge is 2.17. The second-order valence-corrected chi connectivity index (χ2v) is 9.38. The normalized spacial score (nSPS) is 11.7. The molecule has 6 heteroatoms. The molecule has 5 nitrogen and oxygen atoms in total. The van der Waals surface area contributed by atoms with E-state index in [1.165, 1.54) is 22.9 Å². The Balaban J connectivity index is 1.43. The summed E-state index contributed by atoms with van der Waals surface area (Å²) in [4.78, 5) is 21.3. The molecule has 2 heterocycles. The molecule has 0 fully saturated rings. The number of aromatic amines is 1. The van der Waals surface area contributed by atoms with Crippen LogP contribution in [0.1, 0.15) is 48.3 Å². The minimum absolute atomic E-state index is 0.0773. The van der Waals surface area contributed by atoms with Gasteiger partial charge in [0.1, 0.15) is 5.82 Å². The number of aromatic nitrogens is 2. The van der Waals surface area contributed by atoms with Crippen molar-refractivity contribution in [3.05, 3.63) is 77.3 Å². The van der Waals surface area contributed by atoms with Gasteiger partial charge in [-0.15, -0.1) is 0 Å². The van der Waals surface area contributed by atoms with Crippen molar-refractivity contribution in [1.29, 1.82) is 0 Å². The van der Waals surface area contributed by atoms with Crippen molar-refractivity contribution in [3.8, 4) is 0 Å². The molecule has 0 saturated heterocycles. The Hall–Kier alpha value is -2.99. The number of nitrogens with one attached hydrogen (secondary N) is 2. The lowest BCUT2D eigenvalue weighted by molar-refractivity contribution is 0.0917. The fourth-order valence-corrected chi connectivity index (χ4v) is 4.02. The molecule has 154 valence electrons. The zero-order valence-corrected chi connectivity index (χ0v) is 18.4. The van der Waals surface area contributed by atoms with E-state index in [0.717, 1.165) is 15.9 Å². The van der Waals surface area contributed by atoms with Gasteiger partial charge in [0.05, 0.1) is 17.6 Å². The van der Waals surface area contributed by atoms with E-state index in [-0.39, 0.29) is 11.3 Å². The number of imidazole rings is 1. The van der Waals surface area contributed by atoms with Gasteiger partial charge in [0, 0.05) is 4.90 Å². The zero-order valence-electron chi connectivity index (χ0n) is 17.6. The maximum atomic E-state index is 12.5. The van der Waals surface area contributed by atoms with Gasteiger partial charge in [-0.1, -0.05) is 56.8 Å². The second-order valence-electron chi connectivity index (χ2n) is 8.33. The van der Waals surface area contributed by atoms with Crippen molar-refractivity contribution < 1.29 is 9.21 Å². The Morgan fingerprint density at radius 3 is 2.70 bits per heavy atom. The van der Waals surface area contributed by atoms with Crippen LogP contribution in [0, 0.1) is 6.92 Å². The van der Waals surface area contributed by atoms with Crippen molar-refractivity contribution in [3.63, 3.8) is 0 Å². The predicted octanol–water partition coefficient (Wildman–Crippen LogP) is 5.84. The summed E-state index contributed by atoms with van der Waals surface area (Å²) in [7, 11) is 0. The number of carbonyl (C=O) groups is 1. The second kappa shape index (κ2) is 8.03. The Morgan fingerprint density at radius 1 is 1.13 bits per heavy atom. The number of furan rings is 1. The van der Waals surface area contributed by atoms with Crippen molar-refractivity contribution in [1.82, 2.24) is 15.3 Å². The lowest BCUT2D eigenvalue weighted by Crippen LogP contribution is -2.22. The van der Waals surface area contributed by atoms with E-state index in [2.05, 4.69) is 61.2 Å². The standard InChI is InChI=1S/C24H25N3O2S/c1-15-9-10-16(24(2,3)4)13-20(15)30-22-12-11-19(29-22)23(28)25-14-21-26-17-7-5-6-8-18(17)27-21/h5-13H,14H2,1-4H3,(H,25,28)(H,26,27). The number of nitrogens with zero attached hydrogens (tertiary/aromatic N) is 1. The highest BCUT2D eigenvalue weighted by Crippen LogP contribution is 2.34.